The molecule has 0 aliphatic heterocycles. The van der Waals surface area contributed by atoms with Crippen molar-refractivity contribution < 1.29 is 4.74 Å². The highest BCUT2D eigenvalue weighted by Gasteiger charge is 2.07. The minimum Gasteiger partial charge on any atom is -0.457 e. The number of hydrogen-bond donors (Lipinski definition) is 0. The maximum Gasteiger partial charge on any atom is 0.131 e. The Bertz CT molecular complexity index is 541. The van der Waals surface area contributed by atoms with E-state index in [-0.39, 0.29) is 0 Å². The van der Waals surface area contributed by atoms with E-state index < -0.39 is 0 Å². The molecule has 3 heteroatoms. The summed E-state index contributed by atoms with van der Waals surface area (Å²) in [4.78, 5) is 0. The van der Waals surface area contributed by atoms with Crippen molar-refractivity contribution >= 4 is 23.2 Å². The average Bonchev–Trinajstić information content (AvgIpc) is 2.36. The van der Waals surface area contributed by atoms with Gasteiger partial charge in [0, 0.05) is 10.6 Å². The lowest BCUT2D eigenvalue weighted by atomic mass is 10.1. The van der Waals surface area contributed by atoms with Crippen molar-refractivity contribution in [1.29, 1.82) is 0 Å². The fourth-order valence-corrected chi connectivity index (χ4v) is 2.14. The fourth-order valence-electron chi connectivity index (χ4n) is 1.81. The zero-order chi connectivity index (χ0) is 13.1. The van der Waals surface area contributed by atoms with Gasteiger partial charge in [0.05, 0.1) is 5.88 Å². The standard InChI is InChI=1S/C15H14Cl2O/c1-10-7-13(8-11(2)15(10)17)18-14-6-4-3-5-12(14)9-16/h3-8H,9H2,1-2H3. The maximum absolute atomic E-state index is 6.13. The van der Waals surface area contributed by atoms with Gasteiger partial charge in [-0.05, 0) is 43.2 Å². The molecule has 0 atom stereocenters. The molecule has 0 amide bonds. The quantitative estimate of drug-likeness (QED) is 0.676. The van der Waals surface area contributed by atoms with Crippen LogP contribution in [0.15, 0.2) is 36.4 Å². The Hall–Kier alpha value is -1.18. The molecule has 1 nitrogen and oxygen atoms in total. The number of alkyl halides is 1. The molecule has 0 aliphatic rings. The maximum atomic E-state index is 6.13. The summed E-state index contributed by atoms with van der Waals surface area (Å²) in [6.07, 6.45) is 0. The first-order valence-electron chi connectivity index (χ1n) is 5.70. The highest BCUT2D eigenvalue weighted by atomic mass is 35.5. The number of hydrogen-bond acceptors (Lipinski definition) is 1. The molecule has 0 radical (unpaired) electrons. The molecule has 0 aromatic heterocycles. The molecule has 94 valence electrons. The van der Waals surface area contributed by atoms with Gasteiger partial charge in [0.2, 0.25) is 0 Å². The van der Waals surface area contributed by atoms with Crippen LogP contribution in [0.3, 0.4) is 0 Å². The number of ether oxygens (including phenoxy) is 1. The molecule has 2 rings (SSSR count). The van der Waals surface area contributed by atoms with E-state index in [0.29, 0.717) is 5.88 Å². The van der Waals surface area contributed by atoms with Crippen LogP contribution in [0.2, 0.25) is 5.02 Å². The SMILES string of the molecule is Cc1cc(Oc2ccccc2CCl)cc(C)c1Cl. The third-order valence-electron chi connectivity index (χ3n) is 2.75. The number of para-hydroxylation sites is 1. The third kappa shape index (κ3) is 2.80. The summed E-state index contributed by atoms with van der Waals surface area (Å²) in [6, 6.07) is 11.6. The van der Waals surface area contributed by atoms with Crippen molar-refractivity contribution in [3.63, 3.8) is 0 Å². The van der Waals surface area contributed by atoms with Gasteiger partial charge >= 0.3 is 0 Å². The molecular formula is C15H14Cl2O. The second kappa shape index (κ2) is 5.64. The van der Waals surface area contributed by atoms with E-state index in [1.54, 1.807) is 0 Å². The van der Waals surface area contributed by atoms with Crippen LogP contribution in [-0.4, -0.2) is 0 Å². The van der Waals surface area contributed by atoms with Gasteiger partial charge in [-0.1, -0.05) is 29.8 Å². The van der Waals surface area contributed by atoms with E-state index in [4.69, 9.17) is 27.9 Å². The molecule has 2 aromatic rings. The van der Waals surface area contributed by atoms with Gasteiger partial charge in [0.1, 0.15) is 11.5 Å². The summed E-state index contributed by atoms with van der Waals surface area (Å²) in [5.74, 6) is 2.00. The first kappa shape index (κ1) is 13.3. The van der Waals surface area contributed by atoms with Crippen molar-refractivity contribution in [3.8, 4) is 11.5 Å². The Kier molecular flexibility index (Phi) is 4.15. The average molecular weight is 281 g/mol. The molecule has 0 N–H and O–H groups in total. The second-order valence-electron chi connectivity index (χ2n) is 4.21. The second-order valence-corrected chi connectivity index (χ2v) is 4.86. The van der Waals surface area contributed by atoms with E-state index in [2.05, 4.69) is 0 Å². The van der Waals surface area contributed by atoms with Crippen molar-refractivity contribution in [2.24, 2.45) is 0 Å². The van der Waals surface area contributed by atoms with Gasteiger partial charge in [-0.2, -0.15) is 0 Å². The number of aryl methyl sites for hydroxylation is 2. The largest absolute Gasteiger partial charge is 0.457 e. The van der Waals surface area contributed by atoms with Gasteiger partial charge in [0.25, 0.3) is 0 Å². The minimum absolute atomic E-state index is 0.432. The fraction of sp³-hybridized carbons (Fsp3) is 0.200. The van der Waals surface area contributed by atoms with Crippen molar-refractivity contribution in [2.75, 3.05) is 0 Å². The van der Waals surface area contributed by atoms with Crippen molar-refractivity contribution in [1.82, 2.24) is 0 Å². The number of rotatable bonds is 3. The Labute approximate surface area is 117 Å². The zero-order valence-corrected chi connectivity index (χ0v) is 11.8. The molecule has 2 aromatic carbocycles. The van der Waals surface area contributed by atoms with Crippen molar-refractivity contribution in [3.05, 3.63) is 58.1 Å². The van der Waals surface area contributed by atoms with Gasteiger partial charge in [-0.25, -0.2) is 0 Å². The van der Waals surface area contributed by atoms with E-state index in [9.17, 15) is 0 Å². The first-order valence-corrected chi connectivity index (χ1v) is 6.61. The molecule has 0 unspecified atom stereocenters. The summed E-state index contributed by atoms with van der Waals surface area (Å²) in [5.41, 5.74) is 2.99. The molecule has 0 heterocycles. The Morgan fingerprint density at radius 2 is 1.67 bits per heavy atom. The van der Waals surface area contributed by atoms with Crippen LogP contribution < -0.4 is 4.74 Å². The van der Waals surface area contributed by atoms with Crippen LogP contribution >= 0.6 is 23.2 Å². The van der Waals surface area contributed by atoms with E-state index in [1.165, 1.54) is 0 Å². The lowest BCUT2D eigenvalue weighted by Crippen LogP contribution is -1.91. The van der Waals surface area contributed by atoms with Gasteiger partial charge < -0.3 is 4.74 Å². The Balaban J connectivity index is 2.34. The van der Waals surface area contributed by atoms with Gasteiger partial charge in [-0.15, -0.1) is 11.6 Å². The predicted molar refractivity (Wildman–Crippen MR) is 77.0 cm³/mol. The highest BCUT2D eigenvalue weighted by molar-refractivity contribution is 6.32. The van der Waals surface area contributed by atoms with Crippen LogP contribution in [0, 0.1) is 13.8 Å². The monoisotopic (exact) mass is 280 g/mol. The topological polar surface area (TPSA) is 9.23 Å². The summed E-state index contributed by atoms with van der Waals surface area (Å²) >= 11 is 12.0. The zero-order valence-electron chi connectivity index (χ0n) is 10.3. The van der Waals surface area contributed by atoms with Crippen LogP contribution in [-0.2, 0) is 5.88 Å². The highest BCUT2D eigenvalue weighted by Crippen LogP contribution is 2.31. The van der Waals surface area contributed by atoms with Crippen LogP contribution in [0.1, 0.15) is 16.7 Å². The molecule has 18 heavy (non-hydrogen) atoms. The summed E-state index contributed by atoms with van der Waals surface area (Å²) in [6.45, 7) is 3.94. The molecule has 0 aliphatic carbocycles. The molecule has 0 saturated heterocycles. The van der Waals surface area contributed by atoms with Crippen molar-refractivity contribution in [2.45, 2.75) is 19.7 Å². The van der Waals surface area contributed by atoms with Crippen LogP contribution in [0.4, 0.5) is 0 Å². The lowest BCUT2D eigenvalue weighted by molar-refractivity contribution is 0.477. The molecule has 0 saturated carbocycles. The first-order chi connectivity index (χ1) is 8.61. The van der Waals surface area contributed by atoms with Crippen LogP contribution in [0.5, 0.6) is 11.5 Å². The normalized spacial score (nSPS) is 10.4. The summed E-state index contributed by atoms with van der Waals surface area (Å²) in [5, 5.41) is 0.785. The third-order valence-corrected chi connectivity index (χ3v) is 3.64. The Morgan fingerprint density at radius 3 is 2.28 bits per heavy atom. The van der Waals surface area contributed by atoms with Crippen LogP contribution in [0.25, 0.3) is 0 Å². The predicted octanol–water partition coefficient (Wildman–Crippen LogP) is 5.49. The minimum atomic E-state index is 0.432. The van der Waals surface area contributed by atoms with E-state index >= 15 is 0 Å². The number of halogens is 2. The molecule has 0 fully saturated rings. The molecular weight excluding hydrogens is 267 g/mol. The molecule has 0 bridgehead atoms. The number of benzene rings is 2. The van der Waals surface area contributed by atoms with Gasteiger partial charge in [0.15, 0.2) is 0 Å². The lowest BCUT2D eigenvalue weighted by Gasteiger charge is -2.12. The smallest absolute Gasteiger partial charge is 0.131 e. The van der Waals surface area contributed by atoms with Gasteiger partial charge in [-0.3, -0.25) is 0 Å². The van der Waals surface area contributed by atoms with E-state index in [1.807, 2.05) is 50.2 Å². The van der Waals surface area contributed by atoms with E-state index in [0.717, 1.165) is 33.2 Å². The summed E-state index contributed by atoms with van der Waals surface area (Å²) < 4.78 is 5.87. The Morgan fingerprint density at radius 1 is 1.06 bits per heavy atom. The summed E-state index contributed by atoms with van der Waals surface area (Å²) in [7, 11) is 0. The molecule has 0 spiro atoms.